The van der Waals surface area contributed by atoms with Gasteiger partial charge in [-0.15, -0.1) is 0 Å². The molecular formula is C17H21ClN4O3. The first-order valence-electron chi connectivity index (χ1n) is 8.30. The van der Waals surface area contributed by atoms with Crippen LogP contribution in [0.1, 0.15) is 30.7 Å². The van der Waals surface area contributed by atoms with Gasteiger partial charge in [0.2, 0.25) is 5.91 Å². The van der Waals surface area contributed by atoms with Crippen molar-refractivity contribution in [3.8, 4) is 5.75 Å². The van der Waals surface area contributed by atoms with Crippen LogP contribution in [0.4, 0.5) is 5.69 Å². The number of hydrogen-bond donors (Lipinski definition) is 1. The van der Waals surface area contributed by atoms with Gasteiger partial charge in [0, 0.05) is 24.1 Å². The fraction of sp³-hybridized carbons (Fsp3) is 0.471. The van der Waals surface area contributed by atoms with Crippen LogP contribution in [0.5, 0.6) is 5.75 Å². The number of nitrogens with one attached hydrogen (secondary N) is 1. The van der Waals surface area contributed by atoms with Gasteiger partial charge in [0.25, 0.3) is 0 Å². The molecule has 25 heavy (non-hydrogen) atoms. The maximum atomic E-state index is 12.4. The van der Waals surface area contributed by atoms with E-state index in [0.717, 1.165) is 37.1 Å². The molecule has 0 spiro atoms. The number of halogens is 1. The highest BCUT2D eigenvalue weighted by molar-refractivity contribution is 6.31. The minimum atomic E-state index is -0.338. The Morgan fingerprint density at radius 3 is 2.92 bits per heavy atom. The molecule has 2 heterocycles. The van der Waals surface area contributed by atoms with Crippen molar-refractivity contribution in [1.82, 2.24) is 14.3 Å². The van der Waals surface area contributed by atoms with Gasteiger partial charge in [0.05, 0.1) is 12.8 Å². The SMILES string of the molecule is COc1cc(Cl)c(C)cc1NC(=O)Cn1nc2n(c1=O)CCCCC2. The molecule has 7 nitrogen and oxygen atoms in total. The molecule has 0 saturated carbocycles. The van der Waals surface area contributed by atoms with Crippen molar-refractivity contribution in [2.24, 2.45) is 0 Å². The van der Waals surface area contributed by atoms with Gasteiger partial charge in [0.1, 0.15) is 18.1 Å². The molecule has 2 aromatic rings. The summed E-state index contributed by atoms with van der Waals surface area (Å²) in [5.41, 5.74) is 1.11. The van der Waals surface area contributed by atoms with Crippen molar-refractivity contribution in [2.75, 3.05) is 12.4 Å². The zero-order valence-electron chi connectivity index (χ0n) is 14.3. The van der Waals surface area contributed by atoms with Crippen LogP contribution in [0, 0.1) is 6.92 Å². The second-order valence-electron chi connectivity index (χ2n) is 6.17. The van der Waals surface area contributed by atoms with Crippen LogP contribution in [0.2, 0.25) is 5.02 Å². The predicted octanol–water partition coefficient (Wildman–Crippen LogP) is 2.38. The highest BCUT2D eigenvalue weighted by Crippen LogP contribution is 2.30. The molecule has 8 heteroatoms. The summed E-state index contributed by atoms with van der Waals surface area (Å²) in [6.45, 7) is 2.37. The highest BCUT2D eigenvalue weighted by Gasteiger charge is 2.18. The Morgan fingerprint density at radius 2 is 2.16 bits per heavy atom. The first-order chi connectivity index (χ1) is 12.0. The van der Waals surface area contributed by atoms with E-state index in [1.54, 1.807) is 16.7 Å². The normalized spacial score (nSPS) is 13.9. The van der Waals surface area contributed by atoms with Crippen LogP contribution >= 0.6 is 11.6 Å². The Kier molecular flexibility index (Phi) is 5.13. The first-order valence-corrected chi connectivity index (χ1v) is 8.68. The first kappa shape index (κ1) is 17.5. The minimum absolute atomic E-state index is 0.135. The summed E-state index contributed by atoms with van der Waals surface area (Å²) in [6, 6.07) is 3.39. The molecule has 0 unspecified atom stereocenters. The summed E-state index contributed by atoms with van der Waals surface area (Å²) in [4.78, 5) is 24.8. The topological polar surface area (TPSA) is 78.2 Å². The molecule has 0 fully saturated rings. The molecule has 1 N–H and O–H groups in total. The maximum Gasteiger partial charge on any atom is 0.346 e. The van der Waals surface area contributed by atoms with Crippen molar-refractivity contribution >= 4 is 23.2 Å². The number of rotatable bonds is 4. The Labute approximate surface area is 150 Å². The van der Waals surface area contributed by atoms with Gasteiger partial charge in [-0.05, 0) is 31.4 Å². The van der Waals surface area contributed by atoms with E-state index in [4.69, 9.17) is 16.3 Å². The van der Waals surface area contributed by atoms with E-state index in [1.807, 2.05) is 6.92 Å². The molecule has 0 saturated heterocycles. The standard InChI is InChI=1S/C17H21ClN4O3/c1-11-8-13(14(25-2)9-12(11)18)19-16(23)10-22-17(24)21-7-5-3-4-6-15(21)20-22/h8-9H,3-7,10H2,1-2H3,(H,19,23). The van der Waals surface area contributed by atoms with E-state index >= 15 is 0 Å². The predicted molar refractivity (Wildman–Crippen MR) is 95.4 cm³/mol. The molecule has 3 rings (SSSR count). The lowest BCUT2D eigenvalue weighted by molar-refractivity contribution is -0.117. The van der Waals surface area contributed by atoms with Gasteiger partial charge in [-0.1, -0.05) is 18.0 Å². The monoisotopic (exact) mass is 364 g/mol. The van der Waals surface area contributed by atoms with E-state index in [-0.39, 0.29) is 18.1 Å². The molecule has 0 aliphatic carbocycles. The van der Waals surface area contributed by atoms with Gasteiger partial charge in [0.15, 0.2) is 0 Å². The number of hydrogen-bond acceptors (Lipinski definition) is 4. The fourth-order valence-electron chi connectivity index (χ4n) is 2.98. The number of methoxy groups -OCH3 is 1. The second kappa shape index (κ2) is 7.31. The average Bonchev–Trinajstić information content (AvgIpc) is 2.75. The van der Waals surface area contributed by atoms with Crippen LogP contribution < -0.4 is 15.7 Å². The van der Waals surface area contributed by atoms with Gasteiger partial charge in [-0.2, -0.15) is 5.10 Å². The number of anilines is 1. The summed E-state index contributed by atoms with van der Waals surface area (Å²) in [7, 11) is 1.51. The van der Waals surface area contributed by atoms with Gasteiger partial charge >= 0.3 is 5.69 Å². The van der Waals surface area contributed by atoms with E-state index in [2.05, 4.69) is 10.4 Å². The van der Waals surface area contributed by atoms with E-state index < -0.39 is 0 Å². The number of benzene rings is 1. The maximum absolute atomic E-state index is 12.4. The molecular weight excluding hydrogens is 344 g/mol. The number of aryl methyl sites for hydroxylation is 2. The minimum Gasteiger partial charge on any atom is -0.495 e. The van der Waals surface area contributed by atoms with Crippen LogP contribution in [0.15, 0.2) is 16.9 Å². The van der Waals surface area contributed by atoms with Crippen molar-refractivity contribution in [3.63, 3.8) is 0 Å². The third-order valence-corrected chi connectivity index (χ3v) is 4.74. The molecule has 1 aliphatic heterocycles. The van der Waals surface area contributed by atoms with E-state index in [9.17, 15) is 9.59 Å². The fourth-order valence-corrected chi connectivity index (χ4v) is 3.14. The number of carbonyl (C=O) groups is 1. The number of ether oxygens (including phenoxy) is 1. The summed E-state index contributed by atoms with van der Waals surface area (Å²) < 4.78 is 8.15. The summed E-state index contributed by atoms with van der Waals surface area (Å²) in [5, 5.41) is 7.65. The molecule has 0 radical (unpaired) electrons. The van der Waals surface area contributed by atoms with Crippen molar-refractivity contribution in [1.29, 1.82) is 0 Å². The van der Waals surface area contributed by atoms with Crippen molar-refractivity contribution in [2.45, 2.75) is 45.7 Å². The highest BCUT2D eigenvalue weighted by atomic mass is 35.5. The van der Waals surface area contributed by atoms with E-state index in [1.165, 1.54) is 11.8 Å². The van der Waals surface area contributed by atoms with Crippen LogP contribution in [-0.4, -0.2) is 27.4 Å². The van der Waals surface area contributed by atoms with Gasteiger partial charge in [-0.25, -0.2) is 9.48 Å². The molecule has 1 aliphatic rings. The lowest BCUT2D eigenvalue weighted by Gasteiger charge is -2.12. The lowest BCUT2D eigenvalue weighted by atomic mass is 10.2. The van der Waals surface area contributed by atoms with Gasteiger partial charge < -0.3 is 10.1 Å². The van der Waals surface area contributed by atoms with Crippen LogP contribution in [-0.2, 0) is 24.3 Å². The Balaban J connectivity index is 1.78. The zero-order valence-corrected chi connectivity index (χ0v) is 15.1. The molecule has 1 aromatic carbocycles. The average molecular weight is 365 g/mol. The molecule has 134 valence electrons. The lowest BCUT2D eigenvalue weighted by Crippen LogP contribution is -2.30. The second-order valence-corrected chi connectivity index (χ2v) is 6.58. The van der Waals surface area contributed by atoms with Crippen molar-refractivity contribution in [3.05, 3.63) is 39.0 Å². The number of aromatic nitrogens is 3. The third-order valence-electron chi connectivity index (χ3n) is 4.33. The number of fused-ring (bicyclic) bond motifs is 1. The van der Waals surface area contributed by atoms with Crippen LogP contribution in [0.3, 0.4) is 0 Å². The quantitative estimate of drug-likeness (QED) is 0.903. The molecule has 1 aromatic heterocycles. The Hall–Kier alpha value is -2.28. The molecule has 0 atom stereocenters. The molecule has 1 amide bonds. The molecule has 0 bridgehead atoms. The Bertz CT molecular complexity index is 856. The largest absolute Gasteiger partial charge is 0.495 e. The van der Waals surface area contributed by atoms with Crippen molar-refractivity contribution < 1.29 is 9.53 Å². The number of nitrogens with zero attached hydrogens (tertiary/aromatic N) is 3. The summed E-state index contributed by atoms with van der Waals surface area (Å²) >= 11 is 6.07. The summed E-state index contributed by atoms with van der Waals surface area (Å²) in [5.74, 6) is 0.891. The number of amides is 1. The van der Waals surface area contributed by atoms with Gasteiger partial charge in [-0.3, -0.25) is 9.36 Å². The smallest absolute Gasteiger partial charge is 0.346 e. The Morgan fingerprint density at radius 1 is 1.36 bits per heavy atom. The van der Waals surface area contributed by atoms with Crippen LogP contribution in [0.25, 0.3) is 0 Å². The number of carbonyl (C=O) groups excluding carboxylic acids is 1. The van der Waals surface area contributed by atoms with E-state index in [0.29, 0.717) is 23.0 Å². The third kappa shape index (κ3) is 3.71. The zero-order chi connectivity index (χ0) is 18.0. The summed E-state index contributed by atoms with van der Waals surface area (Å²) in [6.07, 6.45) is 3.85.